The predicted molar refractivity (Wildman–Crippen MR) is 65.4 cm³/mol. The van der Waals surface area contributed by atoms with Gasteiger partial charge >= 0.3 is 0 Å². The standard InChI is InChI=1S/C13H20N2O2/c1-4-16-9-13(10(2)3)15-8-12-6-5-11(7-14)17-12/h5-6,10,13,15H,4,8-9H2,1-3H3. The van der Waals surface area contributed by atoms with Crippen LogP contribution in [-0.2, 0) is 11.3 Å². The van der Waals surface area contributed by atoms with Crippen molar-refractivity contribution in [2.24, 2.45) is 5.92 Å². The van der Waals surface area contributed by atoms with Crippen LogP contribution >= 0.6 is 0 Å². The molecule has 1 heterocycles. The van der Waals surface area contributed by atoms with Crippen molar-refractivity contribution in [3.63, 3.8) is 0 Å². The van der Waals surface area contributed by atoms with Crippen LogP contribution in [0.1, 0.15) is 32.3 Å². The second-order valence-corrected chi connectivity index (χ2v) is 4.27. The van der Waals surface area contributed by atoms with Crippen molar-refractivity contribution in [1.82, 2.24) is 5.32 Å². The van der Waals surface area contributed by atoms with E-state index in [4.69, 9.17) is 14.4 Å². The highest BCUT2D eigenvalue weighted by atomic mass is 16.5. The minimum atomic E-state index is 0.297. The van der Waals surface area contributed by atoms with Gasteiger partial charge in [-0.1, -0.05) is 13.8 Å². The van der Waals surface area contributed by atoms with Crippen LogP contribution in [0.3, 0.4) is 0 Å². The maximum Gasteiger partial charge on any atom is 0.203 e. The summed E-state index contributed by atoms with van der Waals surface area (Å²) in [5.74, 6) is 1.63. The van der Waals surface area contributed by atoms with Crippen LogP contribution in [0.5, 0.6) is 0 Å². The normalized spacial score (nSPS) is 12.6. The first-order valence-corrected chi connectivity index (χ1v) is 5.97. The average molecular weight is 236 g/mol. The van der Waals surface area contributed by atoms with Gasteiger partial charge in [0.05, 0.1) is 13.2 Å². The lowest BCUT2D eigenvalue weighted by atomic mass is 10.1. The fraction of sp³-hybridized carbons (Fsp3) is 0.615. The van der Waals surface area contributed by atoms with Crippen LogP contribution in [0.25, 0.3) is 0 Å². The average Bonchev–Trinajstić information content (AvgIpc) is 2.76. The largest absolute Gasteiger partial charge is 0.449 e. The Hall–Kier alpha value is -1.31. The van der Waals surface area contributed by atoms with E-state index in [1.165, 1.54) is 0 Å². The minimum Gasteiger partial charge on any atom is -0.449 e. The summed E-state index contributed by atoms with van der Waals surface area (Å²) >= 11 is 0. The molecule has 1 rings (SSSR count). The first-order chi connectivity index (χ1) is 8.17. The molecule has 1 aromatic heterocycles. The van der Waals surface area contributed by atoms with E-state index in [-0.39, 0.29) is 0 Å². The molecule has 1 atom stereocenters. The van der Waals surface area contributed by atoms with E-state index in [0.717, 1.165) is 12.4 Å². The molecule has 4 heteroatoms. The molecule has 0 aliphatic heterocycles. The summed E-state index contributed by atoms with van der Waals surface area (Å²) in [6.07, 6.45) is 0. The van der Waals surface area contributed by atoms with Gasteiger partial charge in [0.15, 0.2) is 0 Å². The molecule has 17 heavy (non-hydrogen) atoms. The molecule has 0 bridgehead atoms. The molecule has 1 aromatic rings. The van der Waals surface area contributed by atoms with E-state index >= 15 is 0 Å². The van der Waals surface area contributed by atoms with Crippen molar-refractivity contribution in [2.75, 3.05) is 13.2 Å². The van der Waals surface area contributed by atoms with Crippen molar-refractivity contribution >= 4 is 0 Å². The Kier molecular flexibility index (Phi) is 5.75. The second kappa shape index (κ2) is 7.10. The van der Waals surface area contributed by atoms with Gasteiger partial charge in [0.2, 0.25) is 5.76 Å². The molecule has 1 N–H and O–H groups in total. The maximum atomic E-state index is 8.65. The van der Waals surface area contributed by atoms with Crippen molar-refractivity contribution < 1.29 is 9.15 Å². The highest BCUT2D eigenvalue weighted by Crippen LogP contribution is 2.08. The van der Waals surface area contributed by atoms with E-state index in [1.807, 2.05) is 19.1 Å². The number of furan rings is 1. The zero-order chi connectivity index (χ0) is 12.7. The van der Waals surface area contributed by atoms with Crippen LogP contribution in [0.2, 0.25) is 0 Å². The third-order valence-corrected chi connectivity index (χ3v) is 2.62. The summed E-state index contributed by atoms with van der Waals surface area (Å²) in [5.41, 5.74) is 0. The van der Waals surface area contributed by atoms with Gasteiger partial charge in [-0.05, 0) is 25.0 Å². The fourth-order valence-corrected chi connectivity index (χ4v) is 1.50. The number of hydrogen-bond acceptors (Lipinski definition) is 4. The Bertz CT molecular complexity index is 366. The lowest BCUT2D eigenvalue weighted by molar-refractivity contribution is 0.107. The van der Waals surface area contributed by atoms with Crippen LogP contribution in [-0.4, -0.2) is 19.3 Å². The van der Waals surface area contributed by atoms with E-state index in [2.05, 4.69) is 19.2 Å². The molecular weight excluding hydrogens is 216 g/mol. The first kappa shape index (κ1) is 13.8. The lowest BCUT2D eigenvalue weighted by Gasteiger charge is -2.21. The Morgan fingerprint density at radius 1 is 1.47 bits per heavy atom. The van der Waals surface area contributed by atoms with Crippen LogP contribution in [0, 0.1) is 17.2 Å². The first-order valence-electron chi connectivity index (χ1n) is 5.97. The van der Waals surface area contributed by atoms with Crippen molar-refractivity contribution in [3.8, 4) is 6.07 Å². The van der Waals surface area contributed by atoms with Gasteiger partial charge in [0.1, 0.15) is 11.8 Å². The molecule has 0 aromatic carbocycles. The summed E-state index contributed by atoms with van der Waals surface area (Å²) in [7, 11) is 0. The van der Waals surface area contributed by atoms with E-state index in [9.17, 15) is 0 Å². The summed E-state index contributed by atoms with van der Waals surface area (Å²) in [5, 5.41) is 12.0. The zero-order valence-corrected chi connectivity index (χ0v) is 10.7. The smallest absolute Gasteiger partial charge is 0.203 e. The number of rotatable bonds is 7. The van der Waals surface area contributed by atoms with Gasteiger partial charge in [-0.15, -0.1) is 0 Å². The summed E-state index contributed by atoms with van der Waals surface area (Å²) < 4.78 is 10.7. The molecule has 0 aliphatic rings. The Balaban J connectivity index is 2.43. The van der Waals surface area contributed by atoms with Gasteiger partial charge in [0, 0.05) is 12.6 Å². The quantitative estimate of drug-likeness (QED) is 0.789. The molecule has 4 nitrogen and oxygen atoms in total. The number of nitriles is 1. The van der Waals surface area contributed by atoms with Crippen molar-refractivity contribution in [1.29, 1.82) is 5.26 Å². The number of nitrogens with one attached hydrogen (secondary N) is 1. The predicted octanol–water partition coefficient (Wildman–Crippen LogP) is 2.30. The summed E-state index contributed by atoms with van der Waals surface area (Å²) in [6, 6.07) is 5.78. The fourth-order valence-electron chi connectivity index (χ4n) is 1.50. The Morgan fingerprint density at radius 3 is 2.76 bits per heavy atom. The van der Waals surface area contributed by atoms with Crippen molar-refractivity contribution in [3.05, 3.63) is 23.7 Å². The summed E-state index contributed by atoms with van der Waals surface area (Å²) in [4.78, 5) is 0. The van der Waals surface area contributed by atoms with Gasteiger partial charge in [-0.2, -0.15) is 5.26 Å². The lowest BCUT2D eigenvalue weighted by Crippen LogP contribution is -2.37. The summed E-state index contributed by atoms with van der Waals surface area (Å²) in [6.45, 7) is 8.34. The SMILES string of the molecule is CCOCC(NCc1ccc(C#N)o1)C(C)C. The molecule has 0 spiro atoms. The van der Waals surface area contributed by atoms with Crippen LogP contribution in [0.15, 0.2) is 16.5 Å². The van der Waals surface area contributed by atoms with Gasteiger partial charge in [0.25, 0.3) is 0 Å². The van der Waals surface area contributed by atoms with Gasteiger partial charge < -0.3 is 14.5 Å². The maximum absolute atomic E-state index is 8.65. The van der Waals surface area contributed by atoms with Crippen LogP contribution < -0.4 is 5.32 Å². The third-order valence-electron chi connectivity index (χ3n) is 2.62. The molecule has 0 saturated heterocycles. The van der Waals surface area contributed by atoms with Gasteiger partial charge in [-0.25, -0.2) is 0 Å². The monoisotopic (exact) mass is 236 g/mol. The highest BCUT2D eigenvalue weighted by molar-refractivity contribution is 5.18. The third kappa shape index (κ3) is 4.59. The second-order valence-electron chi connectivity index (χ2n) is 4.27. The topological polar surface area (TPSA) is 58.2 Å². The molecular formula is C13H20N2O2. The van der Waals surface area contributed by atoms with Crippen molar-refractivity contribution in [2.45, 2.75) is 33.4 Å². The molecule has 0 saturated carbocycles. The Labute approximate surface area is 103 Å². The van der Waals surface area contributed by atoms with E-state index < -0.39 is 0 Å². The zero-order valence-electron chi connectivity index (χ0n) is 10.7. The molecule has 1 unspecified atom stereocenters. The molecule has 94 valence electrons. The molecule has 0 amide bonds. The molecule has 0 fully saturated rings. The van der Waals surface area contributed by atoms with E-state index in [1.54, 1.807) is 6.07 Å². The minimum absolute atomic E-state index is 0.297. The number of ether oxygens (including phenoxy) is 1. The van der Waals surface area contributed by atoms with Gasteiger partial charge in [-0.3, -0.25) is 0 Å². The van der Waals surface area contributed by atoms with Crippen LogP contribution in [0.4, 0.5) is 0 Å². The number of nitrogens with zero attached hydrogens (tertiary/aromatic N) is 1. The molecule has 0 radical (unpaired) electrons. The van der Waals surface area contributed by atoms with E-state index in [0.29, 0.717) is 30.9 Å². The number of hydrogen-bond donors (Lipinski definition) is 1. The Morgan fingerprint density at radius 2 is 2.24 bits per heavy atom. The molecule has 0 aliphatic carbocycles. The highest BCUT2D eigenvalue weighted by Gasteiger charge is 2.13.